The minimum atomic E-state index is -3.02. The van der Waals surface area contributed by atoms with Crippen LogP contribution in [0.1, 0.15) is 27.7 Å². The van der Waals surface area contributed by atoms with Crippen LogP contribution in [0.5, 0.6) is 0 Å². The predicted molar refractivity (Wildman–Crippen MR) is 44.8 cm³/mol. The van der Waals surface area contributed by atoms with Crippen LogP contribution in [-0.4, -0.2) is 30.1 Å². The lowest BCUT2D eigenvalue weighted by Crippen LogP contribution is -2.34. The molecule has 0 aliphatic carbocycles. The fraction of sp³-hybridized carbons (Fsp3) is 1.00. The Balaban J connectivity index is 2.86. The van der Waals surface area contributed by atoms with Gasteiger partial charge in [-0.2, -0.15) is 4.31 Å². The summed E-state index contributed by atoms with van der Waals surface area (Å²) in [5.74, 6) is 0. The second kappa shape index (κ2) is 2.20. The lowest BCUT2D eigenvalue weighted by Gasteiger charge is -2.19. The third-order valence-corrected chi connectivity index (χ3v) is 4.56. The van der Waals surface area contributed by atoms with Gasteiger partial charge in [0, 0.05) is 12.6 Å². The molecule has 1 rings (SSSR count). The van der Waals surface area contributed by atoms with E-state index in [-0.39, 0.29) is 6.04 Å². The first kappa shape index (κ1) is 9.00. The van der Waals surface area contributed by atoms with Gasteiger partial charge >= 0.3 is 0 Å². The van der Waals surface area contributed by atoms with Gasteiger partial charge in [-0.25, -0.2) is 8.42 Å². The molecule has 4 heteroatoms. The van der Waals surface area contributed by atoms with E-state index in [2.05, 4.69) is 0 Å². The van der Waals surface area contributed by atoms with Gasteiger partial charge in [-0.3, -0.25) is 0 Å². The second-order valence-corrected chi connectivity index (χ2v) is 6.68. The third kappa shape index (κ3) is 1.42. The average Bonchev–Trinajstić information content (AvgIpc) is 2.43. The van der Waals surface area contributed by atoms with E-state index in [1.807, 2.05) is 6.92 Å². The first-order chi connectivity index (χ1) is 4.77. The SMILES string of the molecule is C[C@H]1CN1S(=O)(=O)C(C)(C)C. The molecule has 0 N–H and O–H groups in total. The first-order valence-electron chi connectivity index (χ1n) is 3.78. The summed E-state index contributed by atoms with van der Waals surface area (Å²) >= 11 is 0. The van der Waals surface area contributed by atoms with Gasteiger partial charge in [-0.15, -0.1) is 0 Å². The zero-order chi connectivity index (χ0) is 8.86. The summed E-state index contributed by atoms with van der Waals surface area (Å²) in [5.41, 5.74) is 0. The smallest absolute Gasteiger partial charge is 0.212 e. The normalized spacial score (nSPS) is 32.0. The van der Waals surface area contributed by atoms with E-state index in [0.717, 1.165) is 0 Å². The maximum atomic E-state index is 11.6. The van der Waals surface area contributed by atoms with E-state index >= 15 is 0 Å². The molecule has 0 saturated carbocycles. The number of hydrogen-bond acceptors (Lipinski definition) is 2. The Labute approximate surface area is 68.4 Å². The molecule has 1 aliphatic rings. The zero-order valence-electron chi connectivity index (χ0n) is 7.46. The van der Waals surface area contributed by atoms with Crippen molar-refractivity contribution < 1.29 is 8.42 Å². The van der Waals surface area contributed by atoms with E-state index < -0.39 is 14.8 Å². The van der Waals surface area contributed by atoms with Crippen molar-refractivity contribution in [3.63, 3.8) is 0 Å². The van der Waals surface area contributed by atoms with Gasteiger partial charge in [0.1, 0.15) is 0 Å². The molecule has 0 amide bonds. The second-order valence-electron chi connectivity index (χ2n) is 4.04. The van der Waals surface area contributed by atoms with Crippen LogP contribution < -0.4 is 0 Å². The van der Waals surface area contributed by atoms with Crippen molar-refractivity contribution in [3.8, 4) is 0 Å². The van der Waals surface area contributed by atoms with Crippen LogP contribution in [0, 0.1) is 0 Å². The quantitative estimate of drug-likeness (QED) is 0.556. The average molecular weight is 177 g/mol. The van der Waals surface area contributed by atoms with Gasteiger partial charge in [-0.05, 0) is 27.7 Å². The minimum Gasteiger partial charge on any atom is -0.212 e. The van der Waals surface area contributed by atoms with Gasteiger partial charge in [0.15, 0.2) is 0 Å². The zero-order valence-corrected chi connectivity index (χ0v) is 8.27. The monoisotopic (exact) mass is 177 g/mol. The fourth-order valence-electron chi connectivity index (χ4n) is 0.900. The number of nitrogens with zero attached hydrogens (tertiary/aromatic N) is 1. The summed E-state index contributed by atoms with van der Waals surface area (Å²) in [5, 5.41) is 0. The minimum absolute atomic E-state index is 0.222. The van der Waals surface area contributed by atoms with Crippen molar-refractivity contribution in [1.29, 1.82) is 0 Å². The molecule has 1 heterocycles. The van der Waals surface area contributed by atoms with E-state index in [4.69, 9.17) is 0 Å². The van der Waals surface area contributed by atoms with Crippen molar-refractivity contribution >= 4 is 10.0 Å². The molecule has 1 unspecified atom stereocenters. The molecule has 66 valence electrons. The van der Waals surface area contributed by atoms with Crippen LogP contribution in [-0.2, 0) is 10.0 Å². The number of hydrogen-bond donors (Lipinski definition) is 0. The summed E-state index contributed by atoms with van der Waals surface area (Å²) in [7, 11) is -3.02. The van der Waals surface area contributed by atoms with E-state index in [0.29, 0.717) is 6.54 Å². The standard InChI is InChI=1S/C7H15NO2S/c1-6-5-8(6)11(9,10)7(2,3)4/h6H,5H2,1-4H3/t6-,8?/m0/s1. The summed E-state index contributed by atoms with van der Waals surface area (Å²) in [6, 6.07) is 0.222. The van der Waals surface area contributed by atoms with Gasteiger partial charge in [0.2, 0.25) is 10.0 Å². The van der Waals surface area contributed by atoms with Gasteiger partial charge in [-0.1, -0.05) is 0 Å². The molecule has 0 aromatic carbocycles. The summed E-state index contributed by atoms with van der Waals surface area (Å²) in [4.78, 5) is 0. The molecular weight excluding hydrogens is 162 g/mol. The molecule has 2 atom stereocenters. The van der Waals surface area contributed by atoms with Crippen LogP contribution in [0.4, 0.5) is 0 Å². The van der Waals surface area contributed by atoms with Crippen LogP contribution in [0.3, 0.4) is 0 Å². The van der Waals surface area contributed by atoms with E-state index in [9.17, 15) is 8.42 Å². The highest BCUT2D eigenvalue weighted by atomic mass is 32.2. The summed E-state index contributed by atoms with van der Waals surface area (Å²) in [6.07, 6.45) is 0. The molecular formula is C7H15NO2S. The summed E-state index contributed by atoms with van der Waals surface area (Å²) < 4.78 is 24.0. The Morgan fingerprint density at radius 3 is 1.82 bits per heavy atom. The molecule has 0 bridgehead atoms. The Bertz CT molecular complexity index is 250. The lowest BCUT2D eigenvalue weighted by atomic mass is 10.3. The van der Waals surface area contributed by atoms with Crippen molar-refractivity contribution in [1.82, 2.24) is 4.31 Å². The maximum Gasteiger partial charge on any atom is 0.219 e. The number of rotatable bonds is 1. The summed E-state index contributed by atoms with van der Waals surface area (Å²) in [6.45, 7) is 7.80. The Morgan fingerprint density at radius 1 is 1.36 bits per heavy atom. The van der Waals surface area contributed by atoms with Crippen molar-refractivity contribution in [2.45, 2.75) is 38.5 Å². The van der Waals surface area contributed by atoms with Gasteiger partial charge in [0.05, 0.1) is 4.75 Å². The van der Waals surface area contributed by atoms with Gasteiger partial charge < -0.3 is 0 Å². The number of sulfonamides is 1. The molecule has 1 saturated heterocycles. The molecule has 0 radical (unpaired) electrons. The predicted octanol–water partition coefficient (Wildman–Crippen LogP) is 0.819. The van der Waals surface area contributed by atoms with Crippen molar-refractivity contribution in [2.24, 2.45) is 0 Å². The Morgan fingerprint density at radius 2 is 1.73 bits per heavy atom. The molecule has 3 nitrogen and oxygen atoms in total. The van der Waals surface area contributed by atoms with E-state index in [1.54, 1.807) is 20.8 Å². The largest absolute Gasteiger partial charge is 0.219 e. The van der Waals surface area contributed by atoms with Crippen LogP contribution in [0.25, 0.3) is 0 Å². The van der Waals surface area contributed by atoms with Gasteiger partial charge in [0.25, 0.3) is 0 Å². The van der Waals surface area contributed by atoms with Crippen LogP contribution in [0.15, 0.2) is 0 Å². The molecule has 0 aromatic heterocycles. The van der Waals surface area contributed by atoms with Crippen LogP contribution in [0.2, 0.25) is 0 Å². The molecule has 1 fully saturated rings. The van der Waals surface area contributed by atoms with E-state index in [1.165, 1.54) is 4.31 Å². The Kier molecular flexibility index (Phi) is 1.80. The topological polar surface area (TPSA) is 37.1 Å². The highest BCUT2D eigenvalue weighted by Gasteiger charge is 2.46. The van der Waals surface area contributed by atoms with Crippen molar-refractivity contribution in [2.75, 3.05) is 6.54 Å². The van der Waals surface area contributed by atoms with Crippen LogP contribution >= 0.6 is 0 Å². The first-order valence-corrected chi connectivity index (χ1v) is 5.22. The molecule has 11 heavy (non-hydrogen) atoms. The van der Waals surface area contributed by atoms with Crippen molar-refractivity contribution in [3.05, 3.63) is 0 Å². The third-order valence-electron chi connectivity index (χ3n) is 1.88. The molecule has 0 aromatic rings. The molecule has 0 spiro atoms. The highest BCUT2D eigenvalue weighted by molar-refractivity contribution is 7.90. The maximum absolute atomic E-state index is 11.6. The lowest BCUT2D eigenvalue weighted by molar-refractivity contribution is 0.518. The fourth-order valence-corrected chi connectivity index (χ4v) is 2.49. The molecule has 1 aliphatic heterocycles. The Hall–Kier alpha value is -0.0900. The highest BCUT2D eigenvalue weighted by Crippen LogP contribution is 2.30.